The van der Waals surface area contributed by atoms with Gasteiger partial charge in [0.2, 0.25) is 0 Å². The Hall–Kier alpha value is -2.59. The zero-order valence-electron chi connectivity index (χ0n) is 15.3. The average molecular weight is 418 g/mol. The Labute approximate surface area is 164 Å². The summed E-state index contributed by atoms with van der Waals surface area (Å²) in [7, 11) is 0. The van der Waals surface area contributed by atoms with Gasteiger partial charge in [0.05, 0.1) is 11.3 Å². The first-order chi connectivity index (χ1) is 12.9. The molecule has 7 nitrogen and oxygen atoms in total. The number of nitrogens with one attached hydrogen (secondary N) is 2. The molecule has 2 aromatic rings. The van der Waals surface area contributed by atoms with Gasteiger partial charge >= 0.3 is 6.18 Å². The summed E-state index contributed by atoms with van der Waals surface area (Å²) < 4.78 is 40.1. The fraction of sp³-hybridized carbons (Fsp3) is 0.353. The number of carbonyl (C=O) groups is 2. The highest BCUT2D eigenvalue weighted by molar-refractivity contribution is 6.31. The molecule has 152 valence electrons. The highest BCUT2D eigenvalue weighted by Gasteiger charge is 2.36. The van der Waals surface area contributed by atoms with E-state index in [0.29, 0.717) is 11.6 Å². The first-order valence-electron chi connectivity index (χ1n) is 8.21. The molecule has 0 aliphatic rings. The molecule has 0 unspecified atom stereocenters. The van der Waals surface area contributed by atoms with E-state index in [1.807, 2.05) is 5.43 Å². The van der Waals surface area contributed by atoms with Crippen molar-refractivity contribution >= 4 is 29.1 Å². The SMILES string of the molecule is Cc1cc(Cl)cc(C(=O)NN)c1NC(=O)c1cc(C(F)(F)F)nn1CC(C)C. The standard InChI is InChI=1S/C17H19ClF3N5O2/c1-8(2)7-26-12(6-13(25-26)17(19,20)21)16(28)23-14-9(3)4-10(18)5-11(14)15(27)24-22/h4-6,8H,7,22H2,1-3H3,(H,23,28)(H,24,27). The number of benzene rings is 1. The van der Waals surface area contributed by atoms with Crippen molar-refractivity contribution in [1.29, 1.82) is 0 Å². The lowest BCUT2D eigenvalue weighted by atomic mass is 10.1. The molecule has 2 rings (SSSR count). The van der Waals surface area contributed by atoms with Crippen LogP contribution in [0.25, 0.3) is 0 Å². The molecular weight excluding hydrogens is 399 g/mol. The van der Waals surface area contributed by atoms with Crippen LogP contribution in [0.4, 0.5) is 18.9 Å². The summed E-state index contributed by atoms with van der Waals surface area (Å²) in [6.07, 6.45) is -4.70. The second-order valence-electron chi connectivity index (χ2n) is 6.56. The quantitative estimate of drug-likeness (QED) is 0.394. The Morgan fingerprint density at radius 2 is 1.89 bits per heavy atom. The van der Waals surface area contributed by atoms with Crippen LogP contribution < -0.4 is 16.6 Å². The Morgan fingerprint density at radius 1 is 1.25 bits per heavy atom. The molecule has 1 aromatic heterocycles. The van der Waals surface area contributed by atoms with Gasteiger partial charge in [0.1, 0.15) is 5.69 Å². The van der Waals surface area contributed by atoms with Crippen LogP contribution in [0, 0.1) is 12.8 Å². The molecule has 28 heavy (non-hydrogen) atoms. The molecule has 0 saturated heterocycles. The van der Waals surface area contributed by atoms with Gasteiger partial charge < -0.3 is 5.32 Å². The van der Waals surface area contributed by atoms with Crippen molar-refractivity contribution < 1.29 is 22.8 Å². The zero-order chi connectivity index (χ0) is 21.2. The number of aromatic nitrogens is 2. The van der Waals surface area contributed by atoms with Crippen LogP contribution in [0.15, 0.2) is 18.2 Å². The molecule has 0 atom stereocenters. The number of rotatable bonds is 5. The highest BCUT2D eigenvalue weighted by atomic mass is 35.5. The summed E-state index contributed by atoms with van der Waals surface area (Å²) in [5, 5.41) is 6.21. The van der Waals surface area contributed by atoms with Gasteiger partial charge in [-0.15, -0.1) is 0 Å². The van der Waals surface area contributed by atoms with E-state index in [-0.39, 0.29) is 34.4 Å². The molecule has 0 aliphatic heterocycles. The number of carbonyl (C=O) groups excluding carboxylic acids is 2. The molecule has 0 saturated carbocycles. The first-order valence-corrected chi connectivity index (χ1v) is 8.59. The third-order valence-electron chi connectivity index (χ3n) is 3.76. The molecule has 0 bridgehead atoms. The predicted octanol–water partition coefficient (Wildman–Crippen LogP) is 3.38. The second kappa shape index (κ2) is 8.19. The molecule has 1 heterocycles. The van der Waals surface area contributed by atoms with Gasteiger partial charge in [-0.05, 0) is 30.5 Å². The van der Waals surface area contributed by atoms with E-state index in [9.17, 15) is 22.8 Å². The molecule has 4 N–H and O–H groups in total. The number of anilines is 1. The van der Waals surface area contributed by atoms with Gasteiger partial charge in [-0.1, -0.05) is 25.4 Å². The smallest absolute Gasteiger partial charge is 0.320 e. The van der Waals surface area contributed by atoms with Crippen molar-refractivity contribution in [2.24, 2.45) is 11.8 Å². The van der Waals surface area contributed by atoms with Gasteiger partial charge in [0.25, 0.3) is 11.8 Å². The van der Waals surface area contributed by atoms with Gasteiger partial charge in [0, 0.05) is 17.6 Å². The lowest BCUT2D eigenvalue weighted by Crippen LogP contribution is -2.31. The molecule has 2 amide bonds. The van der Waals surface area contributed by atoms with E-state index in [0.717, 1.165) is 4.68 Å². The normalized spacial score (nSPS) is 11.6. The number of hydrogen-bond donors (Lipinski definition) is 3. The number of nitrogens with zero attached hydrogens (tertiary/aromatic N) is 2. The van der Waals surface area contributed by atoms with E-state index in [4.69, 9.17) is 17.4 Å². The Bertz CT molecular complexity index is 909. The van der Waals surface area contributed by atoms with Crippen LogP contribution in [0.1, 0.15) is 46.0 Å². The van der Waals surface area contributed by atoms with Gasteiger partial charge in [0.15, 0.2) is 5.69 Å². The number of halogens is 4. The van der Waals surface area contributed by atoms with E-state index in [2.05, 4.69) is 10.4 Å². The number of alkyl halides is 3. The predicted molar refractivity (Wildman–Crippen MR) is 97.9 cm³/mol. The highest BCUT2D eigenvalue weighted by Crippen LogP contribution is 2.30. The molecule has 1 aromatic carbocycles. The third kappa shape index (κ3) is 4.82. The number of aryl methyl sites for hydroxylation is 1. The van der Waals surface area contributed by atoms with Crippen molar-refractivity contribution in [2.45, 2.75) is 33.5 Å². The maximum Gasteiger partial charge on any atom is 0.435 e. The van der Waals surface area contributed by atoms with Crippen LogP contribution in [0.3, 0.4) is 0 Å². The minimum absolute atomic E-state index is 0.0215. The summed E-state index contributed by atoms with van der Waals surface area (Å²) in [5.41, 5.74) is 0.978. The summed E-state index contributed by atoms with van der Waals surface area (Å²) in [6.45, 7) is 5.25. The van der Waals surface area contributed by atoms with Crippen molar-refractivity contribution in [3.8, 4) is 0 Å². The Kier molecular flexibility index (Phi) is 6.35. The van der Waals surface area contributed by atoms with Crippen LogP contribution in [-0.4, -0.2) is 21.6 Å². The topological polar surface area (TPSA) is 102 Å². The minimum atomic E-state index is -4.70. The van der Waals surface area contributed by atoms with E-state index < -0.39 is 23.7 Å². The van der Waals surface area contributed by atoms with E-state index in [1.165, 1.54) is 12.1 Å². The molecule has 0 spiro atoms. The molecule has 0 fully saturated rings. The Balaban J connectivity index is 2.48. The minimum Gasteiger partial charge on any atom is -0.320 e. The van der Waals surface area contributed by atoms with Crippen LogP contribution >= 0.6 is 11.6 Å². The monoisotopic (exact) mass is 417 g/mol. The average Bonchev–Trinajstić information content (AvgIpc) is 2.99. The first kappa shape index (κ1) is 21.7. The fourth-order valence-electron chi connectivity index (χ4n) is 2.57. The van der Waals surface area contributed by atoms with Crippen molar-refractivity contribution in [2.75, 3.05) is 5.32 Å². The van der Waals surface area contributed by atoms with Gasteiger partial charge in [-0.25, -0.2) is 5.84 Å². The summed E-state index contributed by atoms with van der Waals surface area (Å²) >= 11 is 5.94. The lowest BCUT2D eigenvalue weighted by Gasteiger charge is -2.15. The number of hydrazine groups is 1. The molecule has 11 heteroatoms. The van der Waals surface area contributed by atoms with Crippen molar-refractivity contribution in [3.63, 3.8) is 0 Å². The largest absolute Gasteiger partial charge is 0.435 e. The number of nitrogens with two attached hydrogens (primary N) is 1. The summed E-state index contributed by atoms with van der Waals surface area (Å²) in [5.74, 6) is 3.54. The Morgan fingerprint density at radius 3 is 2.43 bits per heavy atom. The number of hydrogen-bond acceptors (Lipinski definition) is 4. The van der Waals surface area contributed by atoms with Crippen molar-refractivity contribution in [3.05, 3.63) is 45.7 Å². The summed E-state index contributed by atoms with van der Waals surface area (Å²) in [4.78, 5) is 24.7. The lowest BCUT2D eigenvalue weighted by molar-refractivity contribution is -0.141. The maximum absolute atomic E-state index is 13.0. The van der Waals surface area contributed by atoms with Crippen molar-refractivity contribution in [1.82, 2.24) is 15.2 Å². The zero-order valence-corrected chi connectivity index (χ0v) is 16.1. The van der Waals surface area contributed by atoms with Crippen LogP contribution in [-0.2, 0) is 12.7 Å². The van der Waals surface area contributed by atoms with E-state index >= 15 is 0 Å². The molecule has 0 radical (unpaired) electrons. The number of nitrogen functional groups attached to an aromatic ring is 1. The second-order valence-corrected chi connectivity index (χ2v) is 7.00. The van der Waals surface area contributed by atoms with Gasteiger partial charge in [-0.2, -0.15) is 18.3 Å². The summed E-state index contributed by atoms with van der Waals surface area (Å²) in [6, 6.07) is 3.46. The van der Waals surface area contributed by atoms with E-state index in [1.54, 1.807) is 20.8 Å². The fourth-order valence-corrected chi connectivity index (χ4v) is 2.84. The number of amides is 2. The third-order valence-corrected chi connectivity index (χ3v) is 3.97. The maximum atomic E-state index is 13.0. The van der Waals surface area contributed by atoms with Crippen LogP contribution in [0.2, 0.25) is 5.02 Å². The molecular formula is C17H19ClF3N5O2. The molecule has 0 aliphatic carbocycles. The van der Waals surface area contributed by atoms with Gasteiger partial charge in [-0.3, -0.25) is 19.7 Å². The van der Waals surface area contributed by atoms with Crippen LogP contribution in [0.5, 0.6) is 0 Å².